The molecule has 1 aliphatic heterocycles. The highest BCUT2D eigenvalue weighted by Gasteiger charge is 2.42. The third-order valence-corrected chi connectivity index (χ3v) is 4.32. The zero-order chi connectivity index (χ0) is 20.8. The van der Waals surface area contributed by atoms with Crippen LogP contribution < -0.4 is 5.32 Å². The number of carbonyl (C=O) groups excluding carboxylic acids is 1. The van der Waals surface area contributed by atoms with Crippen LogP contribution in [0.2, 0.25) is 0 Å². The molecule has 2 rings (SSSR count). The SMILES string of the molecule is CC(=O)NC(Cc1ccc(C#C[C@@H]2O[C@H](CO)[C@@H](O)[C@H](O)[C@H]2O)cc1)C(=O)O. The number of nitrogens with one attached hydrogen (secondary N) is 1. The third-order valence-electron chi connectivity index (χ3n) is 4.32. The number of carboxylic acid groups (broad SMARTS) is 1. The van der Waals surface area contributed by atoms with E-state index in [4.69, 9.17) is 9.84 Å². The molecule has 28 heavy (non-hydrogen) atoms. The number of ether oxygens (including phenoxy) is 1. The van der Waals surface area contributed by atoms with E-state index in [1.165, 1.54) is 6.92 Å². The lowest BCUT2D eigenvalue weighted by molar-refractivity contribution is -0.214. The van der Waals surface area contributed by atoms with E-state index >= 15 is 0 Å². The average molecular weight is 393 g/mol. The third kappa shape index (κ3) is 5.51. The summed E-state index contributed by atoms with van der Waals surface area (Å²) in [5, 5.41) is 50.1. The first-order chi connectivity index (χ1) is 13.2. The summed E-state index contributed by atoms with van der Waals surface area (Å²) in [6, 6.07) is 5.56. The molecule has 6 atom stereocenters. The Morgan fingerprint density at radius 3 is 2.32 bits per heavy atom. The summed E-state index contributed by atoms with van der Waals surface area (Å²) in [7, 11) is 0. The lowest BCUT2D eigenvalue weighted by atomic mass is 9.95. The first kappa shape index (κ1) is 21.8. The monoisotopic (exact) mass is 393 g/mol. The van der Waals surface area contributed by atoms with Gasteiger partial charge in [-0.15, -0.1) is 0 Å². The fourth-order valence-electron chi connectivity index (χ4n) is 2.78. The summed E-state index contributed by atoms with van der Waals surface area (Å²) >= 11 is 0. The molecular formula is C19H23NO8. The van der Waals surface area contributed by atoms with Crippen LogP contribution in [0.1, 0.15) is 18.1 Å². The van der Waals surface area contributed by atoms with Crippen LogP contribution in [0, 0.1) is 11.8 Å². The first-order valence-corrected chi connectivity index (χ1v) is 8.63. The number of aliphatic hydroxyl groups excluding tert-OH is 4. The number of rotatable bonds is 5. The molecule has 1 amide bonds. The average Bonchev–Trinajstić information content (AvgIpc) is 2.66. The van der Waals surface area contributed by atoms with Crippen molar-refractivity contribution in [1.29, 1.82) is 0 Å². The van der Waals surface area contributed by atoms with E-state index in [1.807, 2.05) is 0 Å². The van der Waals surface area contributed by atoms with E-state index in [1.54, 1.807) is 24.3 Å². The maximum absolute atomic E-state index is 11.2. The molecule has 1 aromatic carbocycles. The van der Waals surface area contributed by atoms with Crippen molar-refractivity contribution in [2.75, 3.05) is 6.61 Å². The first-order valence-electron chi connectivity index (χ1n) is 8.63. The summed E-state index contributed by atoms with van der Waals surface area (Å²) in [5.74, 6) is 3.84. The van der Waals surface area contributed by atoms with Crippen molar-refractivity contribution in [2.24, 2.45) is 0 Å². The second-order valence-corrected chi connectivity index (χ2v) is 6.51. The molecular weight excluding hydrogens is 370 g/mol. The van der Waals surface area contributed by atoms with Gasteiger partial charge in [-0.25, -0.2) is 4.79 Å². The van der Waals surface area contributed by atoms with E-state index in [9.17, 15) is 30.0 Å². The predicted octanol–water partition coefficient (Wildman–Crippen LogP) is -1.99. The minimum Gasteiger partial charge on any atom is -0.480 e. The minimum atomic E-state index is -1.49. The zero-order valence-corrected chi connectivity index (χ0v) is 15.1. The van der Waals surface area contributed by atoms with Crippen molar-refractivity contribution in [3.05, 3.63) is 35.4 Å². The molecule has 1 heterocycles. The highest BCUT2D eigenvalue weighted by molar-refractivity contribution is 5.82. The predicted molar refractivity (Wildman–Crippen MR) is 96.0 cm³/mol. The number of aliphatic carboxylic acids is 1. The smallest absolute Gasteiger partial charge is 0.326 e. The number of carboxylic acids is 1. The summed E-state index contributed by atoms with van der Waals surface area (Å²) in [6.45, 7) is 0.713. The Kier molecular flexibility index (Phi) is 7.51. The van der Waals surface area contributed by atoms with Gasteiger partial charge in [0.15, 0.2) is 0 Å². The second-order valence-electron chi connectivity index (χ2n) is 6.51. The van der Waals surface area contributed by atoms with Crippen LogP contribution in [0.15, 0.2) is 24.3 Å². The molecule has 0 bridgehead atoms. The van der Waals surface area contributed by atoms with Crippen molar-refractivity contribution < 1.29 is 39.9 Å². The number of aliphatic hydroxyl groups is 4. The van der Waals surface area contributed by atoms with E-state index in [0.717, 1.165) is 0 Å². The van der Waals surface area contributed by atoms with Gasteiger partial charge in [-0.2, -0.15) is 0 Å². The van der Waals surface area contributed by atoms with Crippen LogP contribution in [-0.2, 0) is 20.7 Å². The summed E-state index contributed by atoms with van der Waals surface area (Å²) in [6.07, 6.45) is -6.38. The number of amides is 1. The van der Waals surface area contributed by atoms with Gasteiger partial charge in [0.25, 0.3) is 0 Å². The summed E-state index contributed by atoms with van der Waals surface area (Å²) in [5.41, 5.74) is 1.23. The molecule has 0 radical (unpaired) electrons. The van der Waals surface area contributed by atoms with Gasteiger partial charge in [0.1, 0.15) is 36.6 Å². The Bertz CT molecular complexity index is 751. The number of hydrogen-bond donors (Lipinski definition) is 6. The molecule has 1 saturated heterocycles. The Morgan fingerprint density at radius 1 is 1.14 bits per heavy atom. The maximum Gasteiger partial charge on any atom is 0.326 e. The lowest BCUT2D eigenvalue weighted by Crippen LogP contribution is -2.58. The quantitative estimate of drug-likeness (QED) is 0.314. The van der Waals surface area contributed by atoms with Gasteiger partial charge in [-0.3, -0.25) is 4.79 Å². The van der Waals surface area contributed by atoms with Gasteiger partial charge in [0.05, 0.1) is 6.61 Å². The summed E-state index contributed by atoms with van der Waals surface area (Å²) < 4.78 is 5.30. The van der Waals surface area contributed by atoms with Crippen LogP contribution in [0.5, 0.6) is 0 Å². The molecule has 1 aliphatic rings. The normalized spacial score (nSPS) is 28.0. The molecule has 6 N–H and O–H groups in total. The fourth-order valence-corrected chi connectivity index (χ4v) is 2.78. The van der Waals surface area contributed by atoms with Crippen molar-refractivity contribution in [3.8, 4) is 11.8 Å². The Hall–Kier alpha value is -2.48. The van der Waals surface area contributed by atoms with E-state index in [-0.39, 0.29) is 6.42 Å². The molecule has 1 fully saturated rings. The Balaban J connectivity index is 2.06. The molecule has 1 aromatic rings. The lowest BCUT2D eigenvalue weighted by Gasteiger charge is -2.37. The largest absolute Gasteiger partial charge is 0.480 e. The molecule has 1 unspecified atom stereocenters. The number of carbonyl (C=O) groups is 2. The van der Waals surface area contributed by atoms with Crippen molar-refractivity contribution in [1.82, 2.24) is 5.32 Å². The maximum atomic E-state index is 11.2. The standard InChI is InChI=1S/C19H23NO8/c1-10(22)20-13(19(26)27)8-12-4-2-11(3-5-12)6-7-14-16(23)18(25)17(24)15(9-21)28-14/h2-5,13-18,21,23-25H,8-9H2,1H3,(H,20,22)(H,26,27)/t13?,14-,15+,16-,17+,18+/m0/s1. The van der Waals surface area contributed by atoms with E-state index in [0.29, 0.717) is 11.1 Å². The minimum absolute atomic E-state index is 0.106. The van der Waals surface area contributed by atoms with E-state index < -0.39 is 55.0 Å². The topological polar surface area (TPSA) is 157 Å². The highest BCUT2D eigenvalue weighted by Crippen LogP contribution is 2.20. The zero-order valence-electron chi connectivity index (χ0n) is 15.1. The van der Waals surface area contributed by atoms with Crippen LogP contribution in [0.3, 0.4) is 0 Å². The van der Waals surface area contributed by atoms with Gasteiger partial charge < -0.3 is 35.6 Å². The molecule has 9 nitrogen and oxygen atoms in total. The van der Waals surface area contributed by atoms with Gasteiger partial charge in [0, 0.05) is 18.9 Å². The molecule has 0 spiro atoms. The molecule has 0 saturated carbocycles. The molecule has 0 aliphatic carbocycles. The molecule has 0 aromatic heterocycles. The Morgan fingerprint density at radius 2 is 1.79 bits per heavy atom. The van der Waals surface area contributed by atoms with Crippen LogP contribution >= 0.6 is 0 Å². The molecule has 152 valence electrons. The van der Waals surface area contributed by atoms with Crippen molar-refractivity contribution >= 4 is 11.9 Å². The number of hydrogen-bond acceptors (Lipinski definition) is 7. The van der Waals surface area contributed by atoms with Crippen LogP contribution in [0.4, 0.5) is 0 Å². The van der Waals surface area contributed by atoms with Crippen molar-refractivity contribution in [3.63, 3.8) is 0 Å². The molecule has 9 heteroatoms. The van der Waals surface area contributed by atoms with Gasteiger partial charge in [-0.1, -0.05) is 24.0 Å². The second kappa shape index (κ2) is 9.64. The van der Waals surface area contributed by atoms with E-state index in [2.05, 4.69) is 17.2 Å². The van der Waals surface area contributed by atoms with Gasteiger partial charge in [-0.05, 0) is 17.7 Å². The van der Waals surface area contributed by atoms with Crippen LogP contribution in [0.25, 0.3) is 0 Å². The fraction of sp³-hybridized carbons (Fsp3) is 0.474. The van der Waals surface area contributed by atoms with Crippen molar-refractivity contribution in [2.45, 2.75) is 49.9 Å². The van der Waals surface area contributed by atoms with Crippen LogP contribution in [-0.4, -0.2) is 80.6 Å². The van der Waals surface area contributed by atoms with Gasteiger partial charge >= 0.3 is 5.97 Å². The number of benzene rings is 1. The summed E-state index contributed by atoms with van der Waals surface area (Å²) in [4.78, 5) is 22.3. The highest BCUT2D eigenvalue weighted by atomic mass is 16.5. The Labute approximate surface area is 161 Å². The van der Waals surface area contributed by atoms with Gasteiger partial charge in [0.2, 0.25) is 5.91 Å².